The lowest BCUT2D eigenvalue weighted by Gasteiger charge is -2.19. The van der Waals surface area contributed by atoms with Crippen molar-refractivity contribution in [1.29, 1.82) is 0 Å². The fraction of sp³-hybridized carbons (Fsp3) is 0.273. The number of nitrogens with two attached hydrogens (primary N) is 1. The minimum Gasteiger partial charge on any atom is -0.327 e. The van der Waals surface area contributed by atoms with E-state index in [1.807, 2.05) is 25.1 Å². The number of benzene rings is 1. The maximum atomic E-state index is 6.00. The lowest BCUT2D eigenvalue weighted by molar-refractivity contribution is 0.718. The molecule has 2 aromatic rings. The van der Waals surface area contributed by atoms with Crippen molar-refractivity contribution in [3.8, 4) is 0 Å². The molecule has 84 valence electrons. The first-order chi connectivity index (χ1) is 7.77. The Morgan fingerprint density at radius 3 is 2.62 bits per heavy atom. The Morgan fingerprint density at radius 2 is 2.06 bits per heavy atom. The summed E-state index contributed by atoms with van der Waals surface area (Å²) in [4.78, 5) is 4.10. The minimum absolute atomic E-state index is 0.0532. The second-order valence-corrected chi connectivity index (χ2v) is 4.73. The van der Waals surface area contributed by atoms with Crippen LogP contribution < -0.4 is 5.73 Å². The first-order valence-electron chi connectivity index (χ1n) is 5.10. The van der Waals surface area contributed by atoms with Crippen molar-refractivity contribution >= 4 is 11.8 Å². The zero-order chi connectivity index (χ0) is 11.4. The molecule has 0 aliphatic heterocycles. The van der Waals surface area contributed by atoms with Crippen molar-refractivity contribution in [1.82, 2.24) is 15.2 Å². The molecule has 0 fully saturated rings. The van der Waals surface area contributed by atoms with Gasteiger partial charge in [0.15, 0.2) is 5.16 Å². The molecular weight excluding hydrogens is 220 g/mol. The highest BCUT2D eigenvalue weighted by molar-refractivity contribution is 7.99. The van der Waals surface area contributed by atoms with E-state index in [4.69, 9.17) is 5.73 Å². The molecule has 0 amide bonds. The minimum atomic E-state index is 0.0532. The van der Waals surface area contributed by atoms with E-state index >= 15 is 0 Å². The number of rotatable bonds is 4. The lowest BCUT2D eigenvalue weighted by atomic mass is 10.1. The van der Waals surface area contributed by atoms with Crippen LogP contribution in [-0.4, -0.2) is 21.2 Å². The van der Waals surface area contributed by atoms with Crippen molar-refractivity contribution in [2.45, 2.75) is 23.4 Å². The molecule has 0 saturated carbocycles. The number of thioether (sulfide) groups is 1. The second kappa shape index (κ2) is 5.14. The van der Waals surface area contributed by atoms with Gasteiger partial charge in [0.05, 0.1) is 5.25 Å². The smallest absolute Gasteiger partial charge is 0.184 e. The largest absolute Gasteiger partial charge is 0.327 e. The third kappa shape index (κ3) is 2.62. The van der Waals surface area contributed by atoms with E-state index in [2.05, 4.69) is 27.3 Å². The van der Waals surface area contributed by atoms with Crippen molar-refractivity contribution in [3.63, 3.8) is 0 Å². The molecule has 2 rings (SSSR count). The van der Waals surface area contributed by atoms with Crippen LogP contribution in [0.15, 0.2) is 41.8 Å². The van der Waals surface area contributed by atoms with Crippen LogP contribution in [0.1, 0.15) is 17.7 Å². The zero-order valence-electron chi connectivity index (χ0n) is 9.00. The van der Waals surface area contributed by atoms with E-state index in [-0.39, 0.29) is 11.3 Å². The zero-order valence-corrected chi connectivity index (χ0v) is 9.82. The first kappa shape index (κ1) is 11.2. The van der Waals surface area contributed by atoms with Gasteiger partial charge in [-0.1, -0.05) is 42.1 Å². The summed E-state index contributed by atoms with van der Waals surface area (Å²) < 4.78 is 0. The fourth-order valence-corrected chi connectivity index (χ4v) is 2.45. The molecule has 0 saturated heterocycles. The Hall–Kier alpha value is -1.33. The third-order valence-corrected chi connectivity index (χ3v) is 3.61. The normalized spacial score (nSPS) is 14.6. The van der Waals surface area contributed by atoms with Crippen molar-refractivity contribution in [3.05, 3.63) is 42.2 Å². The summed E-state index contributed by atoms with van der Waals surface area (Å²) in [5.41, 5.74) is 7.21. The Morgan fingerprint density at radius 1 is 1.31 bits per heavy atom. The molecule has 3 N–H and O–H groups in total. The molecule has 1 aromatic carbocycles. The van der Waals surface area contributed by atoms with Gasteiger partial charge in [-0.3, -0.25) is 5.10 Å². The van der Waals surface area contributed by atoms with Gasteiger partial charge in [0, 0.05) is 6.04 Å². The van der Waals surface area contributed by atoms with Crippen LogP contribution in [-0.2, 0) is 0 Å². The molecule has 0 spiro atoms. The SMILES string of the molecule is CC(N)C(Sc1ncn[nH]1)c1ccccc1. The summed E-state index contributed by atoms with van der Waals surface area (Å²) >= 11 is 1.60. The monoisotopic (exact) mass is 234 g/mol. The molecule has 1 heterocycles. The van der Waals surface area contributed by atoms with Gasteiger partial charge in [-0.25, -0.2) is 4.98 Å². The molecule has 0 aliphatic carbocycles. The van der Waals surface area contributed by atoms with E-state index in [1.165, 1.54) is 11.9 Å². The molecule has 0 bridgehead atoms. The van der Waals surface area contributed by atoms with Gasteiger partial charge in [0.1, 0.15) is 6.33 Å². The number of hydrogen-bond donors (Lipinski definition) is 2. The Labute approximate surface area is 98.7 Å². The summed E-state index contributed by atoms with van der Waals surface area (Å²) in [6.45, 7) is 2.00. The molecule has 1 aromatic heterocycles. The number of aromatic nitrogens is 3. The van der Waals surface area contributed by atoms with E-state index in [9.17, 15) is 0 Å². The molecule has 16 heavy (non-hydrogen) atoms. The summed E-state index contributed by atoms with van der Waals surface area (Å²) in [6.07, 6.45) is 1.51. The molecule has 2 atom stereocenters. The predicted molar refractivity (Wildman–Crippen MR) is 65.1 cm³/mol. The van der Waals surface area contributed by atoms with Gasteiger partial charge in [-0.05, 0) is 12.5 Å². The highest BCUT2D eigenvalue weighted by atomic mass is 32.2. The number of nitrogens with zero attached hydrogens (tertiary/aromatic N) is 2. The fourth-order valence-electron chi connectivity index (χ4n) is 1.49. The van der Waals surface area contributed by atoms with Gasteiger partial charge in [-0.2, -0.15) is 5.10 Å². The van der Waals surface area contributed by atoms with E-state index in [0.29, 0.717) is 0 Å². The summed E-state index contributed by atoms with van der Waals surface area (Å²) in [5, 5.41) is 7.66. The topological polar surface area (TPSA) is 67.6 Å². The van der Waals surface area contributed by atoms with Crippen LogP contribution in [0.5, 0.6) is 0 Å². The van der Waals surface area contributed by atoms with Gasteiger partial charge < -0.3 is 5.73 Å². The predicted octanol–water partition coefficient (Wildman–Crippen LogP) is 1.99. The van der Waals surface area contributed by atoms with Crippen molar-refractivity contribution in [2.24, 2.45) is 5.73 Å². The average molecular weight is 234 g/mol. The molecule has 0 radical (unpaired) electrons. The Balaban J connectivity index is 2.18. The maximum Gasteiger partial charge on any atom is 0.184 e. The Kier molecular flexibility index (Phi) is 3.58. The molecule has 2 unspecified atom stereocenters. The molecule has 5 heteroatoms. The molecule has 4 nitrogen and oxygen atoms in total. The first-order valence-corrected chi connectivity index (χ1v) is 5.98. The highest BCUT2D eigenvalue weighted by Crippen LogP contribution is 2.34. The van der Waals surface area contributed by atoms with Crippen LogP contribution >= 0.6 is 11.8 Å². The van der Waals surface area contributed by atoms with E-state index in [1.54, 1.807) is 11.8 Å². The number of aromatic amines is 1. The van der Waals surface area contributed by atoms with Crippen molar-refractivity contribution < 1.29 is 0 Å². The van der Waals surface area contributed by atoms with Crippen LogP contribution in [0.4, 0.5) is 0 Å². The number of H-pyrrole nitrogens is 1. The Bertz CT molecular complexity index is 413. The summed E-state index contributed by atoms with van der Waals surface area (Å²) in [5.74, 6) is 0. The van der Waals surface area contributed by atoms with Gasteiger partial charge in [0.2, 0.25) is 0 Å². The van der Waals surface area contributed by atoms with Gasteiger partial charge in [-0.15, -0.1) is 0 Å². The number of hydrogen-bond acceptors (Lipinski definition) is 4. The van der Waals surface area contributed by atoms with Crippen LogP contribution in [0, 0.1) is 0 Å². The van der Waals surface area contributed by atoms with Gasteiger partial charge in [0.25, 0.3) is 0 Å². The molecular formula is C11H14N4S. The molecule has 0 aliphatic rings. The van der Waals surface area contributed by atoms with Crippen LogP contribution in [0.25, 0.3) is 0 Å². The number of nitrogens with one attached hydrogen (secondary N) is 1. The third-order valence-electron chi connectivity index (χ3n) is 2.24. The lowest BCUT2D eigenvalue weighted by Crippen LogP contribution is -2.22. The van der Waals surface area contributed by atoms with E-state index in [0.717, 1.165) is 5.16 Å². The van der Waals surface area contributed by atoms with Crippen molar-refractivity contribution in [2.75, 3.05) is 0 Å². The van der Waals surface area contributed by atoms with Gasteiger partial charge >= 0.3 is 0 Å². The van der Waals surface area contributed by atoms with Crippen LogP contribution in [0.3, 0.4) is 0 Å². The maximum absolute atomic E-state index is 6.00. The quantitative estimate of drug-likeness (QED) is 0.794. The van der Waals surface area contributed by atoms with Crippen LogP contribution in [0.2, 0.25) is 0 Å². The second-order valence-electron chi connectivity index (χ2n) is 3.60. The summed E-state index contributed by atoms with van der Waals surface area (Å²) in [6, 6.07) is 10.3. The average Bonchev–Trinajstić information content (AvgIpc) is 2.79. The highest BCUT2D eigenvalue weighted by Gasteiger charge is 2.18. The summed E-state index contributed by atoms with van der Waals surface area (Å²) in [7, 11) is 0. The van der Waals surface area contributed by atoms with E-state index < -0.39 is 0 Å². The standard InChI is InChI=1S/C11H14N4S/c1-8(12)10(9-5-3-2-4-6-9)16-11-13-7-14-15-11/h2-8,10H,12H2,1H3,(H,13,14,15).